The van der Waals surface area contributed by atoms with Crippen LogP contribution in [0.15, 0.2) is 23.4 Å². The van der Waals surface area contributed by atoms with Gasteiger partial charge in [-0.05, 0) is 31.5 Å². The van der Waals surface area contributed by atoms with E-state index in [0.29, 0.717) is 36.7 Å². The third-order valence-corrected chi connectivity index (χ3v) is 2.82. The molecule has 0 aliphatic rings. The average molecular weight is 280 g/mol. The number of benzene rings is 1. The minimum Gasteiger partial charge on any atom is -0.493 e. The molecule has 0 fully saturated rings. The minimum absolute atomic E-state index is 0.00862. The van der Waals surface area contributed by atoms with Gasteiger partial charge in [-0.1, -0.05) is 5.16 Å². The molecule has 0 aliphatic carbocycles. The molecule has 0 saturated heterocycles. The second-order valence-electron chi connectivity index (χ2n) is 4.18. The molecule has 0 aliphatic heterocycles. The highest BCUT2D eigenvalue weighted by Gasteiger charge is 2.08. The maximum absolute atomic E-state index is 11.1. The van der Waals surface area contributed by atoms with E-state index in [0.717, 1.165) is 5.56 Å². The van der Waals surface area contributed by atoms with Crippen LogP contribution in [0.5, 0.6) is 11.5 Å². The number of carbonyl (C=O) groups is 1. The van der Waals surface area contributed by atoms with Crippen molar-refractivity contribution in [3.05, 3.63) is 23.8 Å². The normalized spacial score (nSPS) is 11.1. The molecule has 0 spiro atoms. The van der Waals surface area contributed by atoms with Gasteiger partial charge in [-0.2, -0.15) is 0 Å². The number of amides is 1. The third kappa shape index (κ3) is 4.46. The van der Waals surface area contributed by atoms with Gasteiger partial charge in [-0.25, -0.2) is 0 Å². The van der Waals surface area contributed by atoms with Gasteiger partial charge in [0.15, 0.2) is 11.5 Å². The Balaban J connectivity index is 2.64. The Bertz CT molecular complexity index is 486. The van der Waals surface area contributed by atoms with Crippen LogP contribution in [0.1, 0.15) is 25.3 Å². The fourth-order valence-corrected chi connectivity index (χ4v) is 1.61. The number of nitrogens with one attached hydrogen (secondary N) is 1. The monoisotopic (exact) mass is 280 g/mol. The molecule has 0 aromatic heterocycles. The van der Waals surface area contributed by atoms with Crippen LogP contribution in [0, 0.1) is 0 Å². The van der Waals surface area contributed by atoms with E-state index in [2.05, 4.69) is 10.5 Å². The van der Waals surface area contributed by atoms with E-state index in [9.17, 15) is 4.79 Å². The van der Waals surface area contributed by atoms with E-state index in [-0.39, 0.29) is 5.91 Å². The van der Waals surface area contributed by atoms with Crippen LogP contribution in [-0.2, 0) is 4.79 Å². The molecule has 0 bridgehead atoms. The molecular formula is C14H20N2O4. The zero-order valence-electron chi connectivity index (χ0n) is 12.0. The van der Waals surface area contributed by atoms with E-state index in [1.165, 1.54) is 0 Å². The van der Waals surface area contributed by atoms with Crippen molar-refractivity contribution in [2.45, 2.75) is 19.8 Å². The first-order chi connectivity index (χ1) is 9.62. The summed E-state index contributed by atoms with van der Waals surface area (Å²) in [5.74, 6) is 1.15. The summed E-state index contributed by atoms with van der Waals surface area (Å²) in [6, 6.07) is 5.28. The summed E-state index contributed by atoms with van der Waals surface area (Å²) in [6.07, 6.45) is 1.05. The van der Waals surface area contributed by atoms with Crippen molar-refractivity contribution in [2.24, 2.45) is 5.16 Å². The highest BCUT2D eigenvalue weighted by Crippen LogP contribution is 2.28. The van der Waals surface area contributed by atoms with Gasteiger partial charge in [-0.3, -0.25) is 4.79 Å². The molecule has 1 amide bonds. The minimum atomic E-state index is -0.00862. The highest BCUT2D eigenvalue weighted by atomic mass is 16.5. The number of carbonyl (C=O) groups excluding carboxylic acids is 1. The molecule has 2 N–H and O–H groups in total. The van der Waals surface area contributed by atoms with Crippen LogP contribution < -0.4 is 14.8 Å². The predicted octanol–water partition coefficient (Wildman–Crippen LogP) is 1.80. The molecule has 0 atom stereocenters. The molecule has 6 heteroatoms. The Morgan fingerprint density at radius 2 is 2.15 bits per heavy atom. The molecule has 1 aromatic carbocycles. The average Bonchev–Trinajstić information content (AvgIpc) is 2.50. The lowest BCUT2D eigenvalue weighted by atomic mass is 10.1. The number of rotatable bonds is 7. The van der Waals surface area contributed by atoms with Crippen LogP contribution in [0.4, 0.5) is 0 Å². The van der Waals surface area contributed by atoms with Gasteiger partial charge in [0.1, 0.15) is 0 Å². The Labute approximate surface area is 118 Å². The Hall–Kier alpha value is -2.24. The van der Waals surface area contributed by atoms with Crippen molar-refractivity contribution in [3.8, 4) is 11.5 Å². The van der Waals surface area contributed by atoms with Crippen LogP contribution in [-0.4, -0.2) is 37.6 Å². The summed E-state index contributed by atoms with van der Waals surface area (Å²) in [5.41, 5.74) is 1.25. The number of ether oxygens (including phenoxy) is 2. The lowest BCUT2D eigenvalue weighted by Gasteiger charge is -2.11. The van der Waals surface area contributed by atoms with E-state index in [4.69, 9.17) is 14.7 Å². The van der Waals surface area contributed by atoms with Crippen molar-refractivity contribution in [3.63, 3.8) is 0 Å². The summed E-state index contributed by atoms with van der Waals surface area (Å²) in [4.78, 5) is 11.1. The number of oxime groups is 1. The van der Waals surface area contributed by atoms with Crippen LogP contribution in [0.25, 0.3) is 0 Å². The smallest absolute Gasteiger partial charge is 0.219 e. The maximum Gasteiger partial charge on any atom is 0.219 e. The van der Waals surface area contributed by atoms with Crippen molar-refractivity contribution in [1.29, 1.82) is 0 Å². The maximum atomic E-state index is 11.1. The van der Waals surface area contributed by atoms with Crippen LogP contribution >= 0.6 is 0 Å². The molecule has 0 unspecified atom stereocenters. The molecule has 20 heavy (non-hydrogen) atoms. The summed E-state index contributed by atoms with van der Waals surface area (Å²) in [6.45, 7) is 2.12. The van der Waals surface area contributed by atoms with E-state index in [1.54, 1.807) is 39.3 Å². The Morgan fingerprint density at radius 3 is 2.75 bits per heavy atom. The summed E-state index contributed by atoms with van der Waals surface area (Å²) in [7, 11) is 3.15. The van der Waals surface area contributed by atoms with Gasteiger partial charge in [0, 0.05) is 19.0 Å². The summed E-state index contributed by atoms with van der Waals surface area (Å²) < 4.78 is 10.8. The quantitative estimate of drug-likeness (QED) is 0.345. The Morgan fingerprint density at radius 1 is 1.40 bits per heavy atom. The molecule has 1 aromatic rings. The van der Waals surface area contributed by atoms with Crippen LogP contribution in [0.3, 0.4) is 0 Å². The molecule has 110 valence electrons. The first-order valence-corrected chi connectivity index (χ1v) is 6.32. The summed E-state index contributed by atoms with van der Waals surface area (Å²) in [5, 5.41) is 14.4. The number of hydrogen-bond acceptors (Lipinski definition) is 5. The molecule has 0 saturated carbocycles. The van der Waals surface area contributed by atoms with Gasteiger partial charge in [0.05, 0.1) is 19.4 Å². The third-order valence-electron chi connectivity index (χ3n) is 2.82. The van der Waals surface area contributed by atoms with Crippen molar-refractivity contribution >= 4 is 11.6 Å². The van der Waals surface area contributed by atoms with Crippen molar-refractivity contribution < 1.29 is 19.5 Å². The van der Waals surface area contributed by atoms with Gasteiger partial charge in [0.2, 0.25) is 5.91 Å². The van der Waals surface area contributed by atoms with Gasteiger partial charge in [-0.15, -0.1) is 0 Å². The van der Waals surface area contributed by atoms with Crippen molar-refractivity contribution in [1.82, 2.24) is 5.32 Å². The standard InChI is InChI=1S/C14H20N2O4/c1-10(16-18)11-6-7-12(13(9-11)19-3)20-8-4-5-14(17)15-2/h6-7,9,18H,4-5,8H2,1-3H3,(H,15,17). The summed E-state index contributed by atoms with van der Waals surface area (Å²) >= 11 is 0. The second-order valence-corrected chi connectivity index (χ2v) is 4.18. The zero-order chi connectivity index (χ0) is 15.0. The lowest BCUT2D eigenvalue weighted by molar-refractivity contribution is -0.120. The van der Waals surface area contributed by atoms with E-state index >= 15 is 0 Å². The molecule has 0 radical (unpaired) electrons. The van der Waals surface area contributed by atoms with E-state index in [1.807, 2.05) is 0 Å². The van der Waals surface area contributed by atoms with Gasteiger partial charge < -0.3 is 20.0 Å². The SMILES string of the molecule is CNC(=O)CCCOc1ccc(C(C)=NO)cc1OC. The molecule has 1 rings (SSSR count). The first kappa shape index (κ1) is 15.8. The largest absolute Gasteiger partial charge is 0.493 e. The number of hydrogen-bond donors (Lipinski definition) is 2. The van der Waals surface area contributed by atoms with Gasteiger partial charge in [0.25, 0.3) is 0 Å². The number of methoxy groups -OCH3 is 1. The van der Waals surface area contributed by atoms with Crippen molar-refractivity contribution in [2.75, 3.05) is 20.8 Å². The van der Waals surface area contributed by atoms with E-state index < -0.39 is 0 Å². The van der Waals surface area contributed by atoms with Gasteiger partial charge >= 0.3 is 0 Å². The second kappa shape index (κ2) is 8.04. The fourth-order valence-electron chi connectivity index (χ4n) is 1.61. The molecule has 0 heterocycles. The molecular weight excluding hydrogens is 260 g/mol. The zero-order valence-corrected chi connectivity index (χ0v) is 12.0. The fraction of sp³-hybridized carbons (Fsp3) is 0.429. The molecule has 6 nitrogen and oxygen atoms in total. The predicted molar refractivity (Wildman–Crippen MR) is 75.8 cm³/mol. The van der Waals surface area contributed by atoms with Crippen LogP contribution in [0.2, 0.25) is 0 Å². The first-order valence-electron chi connectivity index (χ1n) is 6.32. The Kier molecular flexibility index (Phi) is 6.36. The highest BCUT2D eigenvalue weighted by molar-refractivity contribution is 5.98. The lowest BCUT2D eigenvalue weighted by Crippen LogP contribution is -2.18. The number of nitrogens with zero attached hydrogens (tertiary/aromatic N) is 1. The topological polar surface area (TPSA) is 80.2 Å².